The highest BCUT2D eigenvalue weighted by atomic mass is 79.9. The second-order valence-corrected chi connectivity index (χ2v) is 7.69. The number of likely N-dealkylation sites (tertiary alicyclic amines) is 1. The number of fused-ring (bicyclic) bond motifs is 2. The van der Waals surface area contributed by atoms with E-state index in [1.165, 1.54) is 13.3 Å². The lowest BCUT2D eigenvalue weighted by Crippen LogP contribution is -2.41. The number of benzene rings is 1. The number of rotatable bonds is 4. The van der Waals surface area contributed by atoms with Crippen LogP contribution in [0, 0.1) is 0 Å². The van der Waals surface area contributed by atoms with Crippen molar-refractivity contribution in [2.75, 3.05) is 13.1 Å². The molecule has 2 aliphatic rings. The molecular weight excluding hydrogens is 406 g/mol. The Kier molecular flexibility index (Phi) is 7.28. The molecule has 0 spiro atoms. The average molecular weight is 431 g/mol. The fourth-order valence-electron chi connectivity index (χ4n) is 3.67. The summed E-state index contributed by atoms with van der Waals surface area (Å²) in [5.74, 6) is -0.00155. The minimum atomic E-state index is -0.281. The molecule has 5 nitrogen and oxygen atoms in total. The van der Waals surface area contributed by atoms with E-state index in [2.05, 4.69) is 26.6 Å². The lowest BCUT2D eigenvalue weighted by molar-refractivity contribution is -0.132. The summed E-state index contributed by atoms with van der Waals surface area (Å²) in [6.07, 6.45) is 3.69. The first-order chi connectivity index (χ1) is 11.5. The molecule has 3 unspecified atom stereocenters. The zero-order valence-corrected chi connectivity index (χ0v) is 16.7. The molecule has 0 aliphatic carbocycles. The highest BCUT2D eigenvalue weighted by Gasteiger charge is 2.32. The molecule has 2 bridgehead atoms. The minimum Gasteiger partial charge on any atom is -0.349 e. The molecule has 1 aromatic rings. The van der Waals surface area contributed by atoms with Gasteiger partial charge in [0.2, 0.25) is 11.8 Å². The second kappa shape index (κ2) is 9.01. The van der Waals surface area contributed by atoms with Crippen LogP contribution in [0.4, 0.5) is 0 Å². The normalized spacial score (nSPS) is 23.4. The fraction of sp³-hybridized carbons (Fsp3) is 0.556. The first-order valence-corrected chi connectivity index (χ1v) is 9.37. The van der Waals surface area contributed by atoms with Crippen molar-refractivity contribution in [1.29, 1.82) is 0 Å². The van der Waals surface area contributed by atoms with Crippen molar-refractivity contribution in [3.8, 4) is 0 Å². The molecule has 0 saturated carbocycles. The van der Waals surface area contributed by atoms with Crippen LogP contribution in [-0.2, 0) is 9.59 Å². The van der Waals surface area contributed by atoms with Crippen LogP contribution in [0.15, 0.2) is 28.7 Å². The third-order valence-corrected chi connectivity index (χ3v) is 5.43. The van der Waals surface area contributed by atoms with E-state index in [0.29, 0.717) is 18.5 Å². The molecule has 2 N–H and O–H groups in total. The summed E-state index contributed by atoms with van der Waals surface area (Å²) >= 11 is 3.42. The molecule has 7 heteroatoms. The van der Waals surface area contributed by atoms with Crippen LogP contribution in [0.25, 0.3) is 0 Å². The summed E-state index contributed by atoms with van der Waals surface area (Å²) in [7, 11) is 0. The number of halogens is 2. The van der Waals surface area contributed by atoms with Crippen molar-refractivity contribution in [2.24, 2.45) is 0 Å². The minimum absolute atomic E-state index is 0. The van der Waals surface area contributed by atoms with E-state index >= 15 is 0 Å². The molecule has 25 heavy (non-hydrogen) atoms. The van der Waals surface area contributed by atoms with E-state index in [4.69, 9.17) is 0 Å². The largest absolute Gasteiger partial charge is 0.349 e. The molecule has 0 aromatic heterocycles. The Hall–Kier alpha value is -1.11. The van der Waals surface area contributed by atoms with Crippen LogP contribution >= 0.6 is 28.3 Å². The Bertz CT molecular complexity index is 611. The third kappa shape index (κ3) is 5.43. The Morgan fingerprint density at radius 3 is 2.60 bits per heavy atom. The summed E-state index contributed by atoms with van der Waals surface area (Å²) in [6.45, 7) is 3.08. The number of carbonyl (C=O) groups excluding carboxylic acids is 2. The number of hydrogen-bond acceptors (Lipinski definition) is 3. The van der Waals surface area contributed by atoms with Crippen molar-refractivity contribution in [2.45, 2.75) is 50.7 Å². The van der Waals surface area contributed by atoms with Crippen LogP contribution in [0.5, 0.6) is 0 Å². The van der Waals surface area contributed by atoms with Crippen molar-refractivity contribution < 1.29 is 9.59 Å². The van der Waals surface area contributed by atoms with Crippen molar-refractivity contribution in [3.63, 3.8) is 0 Å². The Balaban J connectivity index is 0.00000225. The van der Waals surface area contributed by atoms with Gasteiger partial charge in [-0.3, -0.25) is 9.59 Å². The fourth-order valence-corrected chi connectivity index (χ4v) is 3.93. The predicted octanol–water partition coefficient (Wildman–Crippen LogP) is 2.79. The number of hydrogen-bond donors (Lipinski definition) is 2. The number of nitrogens with one attached hydrogen (secondary N) is 2. The smallest absolute Gasteiger partial charge is 0.225 e. The standard InChI is InChI=1S/C18H24BrN3O2.ClH/c1-12(23)20-17(13-2-4-14(19)5-3-13)10-18(24)22-9-8-15-6-7-16(11-22)21-15;/h2-5,15-17,21H,6-11H2,1H3,(H,20,23);1H. The van der Waals surface area contributed by atoms with E-state index in [1.807, 2.05) is 29.2 Å². The van der Waals surface area contributed by atoms with E-state index in [1.54, 1.807) is 0 Å². The molecule has 2 aliphatic heterocycles. The predicted molar refractivity (Wildman–Crippen MR) is 104 cm³/mol. The molecule has 2 heterocycles. The first kappa shape index (κ1) is 20.2. The zero-order valence-electron chi connectivity index (χ0n) is 14.3. The van der Waals surface area contributed by atoms with Gasteiger partial charge in [-0.15, -0.1) is 12.4 Å². The van der Waals surface area contributed by atoms with Gasteiger partial charge >= 0.3 is 0 Å². The van der Waals surface area contributed by atoms with E-state index in [-0.39, 0.29) is 30.3 Å². The molecule has 1 aromatic carbocycles. The molecule has 138 valence electrons. The van der Waals surface area contributed by atoms with Gasteiger partial charge in [-0.05, 0) is 37.0 Å². The van der Waals surface area contributed by atoms with Crippen LogP contribution in [0.3, 0.4) is 0 Å². The van der Waals surface area contributed by atoms with Gasteiger partial charge in [0.15, 0.2) is 0 Å². The molecule has 2 saturated heterocycles. The van der Waals surface area contributed by atoms with Crippen molar-refractivity contribution in [1.82, 2.24) is 15.5 Å². The quantitative estimate of drug-likeness (QED) is 0.772. The molecule has 2 fully saturated rings. The molecule has 0 radical (unpaired) electrons. The van der Waals surface area contributed by atoms with Crippen LogP contribution in [0.1, 0.15) is 44.2 Å². The Morgan fingerprint density at radius 2 is 1.92 bits per heavy atom. The SMILES string of the molecule is CC(=O)NC(CC(=O)N1CCC2CCC(C1)N2)c1ccc(Br)cc1.Cl. The topological polar surface area (TPSA) is 61.4 Å². The van der Waals surface area contributed by atoms with Crippen molar-refractivity contribution >= 4 is 40.2 Å². The number of nitrogens with zero attached hydrogens (tertiary/aromatic N) is 1. The van der Waals surface area contributed by atoms with Crippen LogP contribution in [-0.4, -0.2) is 41.9 Å². The maximum absolute atomic E-state index is 12.8. The lowest BCUT2D eigenvalue weighted by Gasteiger charge is -2.27. The maximum Gasteiger partial charge on any atom is 0.225 e. The second-order valence-electron chi connectivity index (χ2n) is 6.78. The summed E-state index contributed by atoms with van der Waals surface area (Å²) in [4.78, 5) is 26.3. The monoisotopic (exact) mass is 429 g/mol. The Morgan fingerprint density at radius 1 is 1.24 bits per heavy atom. The number of amides is 2. The lowest BCUT2D eigenvalue weighted by atomic mass is 10.0. The average Bonchev–Trinajstić information content (AvgIpc) is 2.86. The van der Waals surface area contributed by atoms with Crippen LogP contribution in [0.2, 0.25) is 0 Å². The third-order valence-electron chi connectivity index (χ3n) is 4.90. The zero-order chi connectivity index (χ0) is 17.1. The molecule has 3 atom stereocenters. The van der Waals surface area contributed by atoms with Gasteiger partial charge in [0, 0.05) is 36.6 Å². The van der Waals surface area contributed by atoms with Gasteiger partial charge in [-0.2, -0.15) is 0 Å². The first-order valence-electron chi connectivity index (χ1n) is 8.57. The highest BCUT2D eigenvalue weighted by molar-refractivity contribution is 9.10. The van der Waals surface area contributed by atoms with E-state index < -0.39 is 0 Å². The van der Waals surface area contributed by atoms with Gasteiger partial charge in [0.1, 0.15) is 0 Å². The van der Waals surface area contributed by atoms with Gasteiger partial charge in [-0.1, -0.05) is 28.1 Å². The summed E-state index contributed by atoms with van der Waals surface area (Å²) < 4.78 is 0.980. The van der Waals surface area contributed by atoms with E-state index in [0.717, 1.165) is 36.0 Å². The Labute approximate surface area is 163 Å². The van der Waals surface area contributed by atoms with Crippen LogP contribution < -0.4 is 10.6 Å². The maximum atomic E-state index is 12.8. The summed E-state index contributed by atoms with van der Waals surface area (Å²) in [5.41, 5.74) is 0.955. The van der Waals surface area contributed by atoms with Gasteiger partial charge < -0.3 is 15.5 Å². The van der Waals surface area contributed by atoms with Gasteiger partial charge in [0.05, 0.1) is 12.5 Å². The molecule has 2 amide bonds. The van der Waals surface area contributed by atoms with Gasteiger partial charge in [0.25, 0.3) is 0 Å². The highest BCUT2D eigenvalue weighted by Crippen LogP contribution is 2.24. The summed E-state index contributed by atoms with van der Waals surface area (Å²) in [5, 5.41) is 6.51. The van der Waals surface area contributed by atoms with Crippen molar-refractivity contribution in [3.05, 3.63) is 34.3 Å². The molecule has 3 rings (SSSR count). The molecular formula is C18H25BrClN3O2. The summed E-state index contributed by atoms with van der Waals surface area (Å²) in [6, 6.07) is 8.47. The van der Waals surface area contributed by atoms with E-state index in [9.17, 15) is 9.59 Å². The number of carbonyl (C=O) groups is 2. The van der Waals surface area contributed by atoms with Gasteiger partial charge in [-0.25, -0.2) is 0 Å².